The van der Waals surface area contributed by atoms with Crippen LogP contribution in [0.3, 0.4) is 0 Å². The Bertz CT molecular complexity index is 416. The third-order valence-electron chi connectivity index (χ3n) is 3.98. The first-order chi connectivity index (χ1) is 8.88. The van der Waals surface area contributed by atoms with Crippen LogP contribution in [-0.4, -0.2) is 42.8 Å². The third kappa shape index (κ3) is 2.28. The molecule has 3 heterocycles. The van der Waals surface area contributed by atoms with Gasteiger partial charge in [0.25, 0.3) is 0 Å². The molecule has 0 aromatic carbocycles. The van der Waals surface area contributed by atoms with Gasteiger partial charge in [-0.2, -0.15) is 0 Å². The highest BCUT2D eigenvalue weighted by molar-refractivity contribution is 5.33. The molecule has 0 saturated carbocycles. The molecule has 4 heteroatoms. The van der Waals surface area contributed by atoms with Gasteiger partial charge in [-0.3, -0.25) is 9.88 Å². The Kier molecular flexibility index (Phi) is 3.59. The molecule has 0 radical (unpaired) electrons. The van der Waals surface area contributed by atoms with E-state index in [9.17, 15) is 0 Å². The summed E-state index contributed by atoms with van der Waals surface area (Å²) >= 11 is 0. The second-order valence-electron chi connectivity index (χ2n) is 5.11. The topological polar surface area (TPSA) is 34.6 Å². The van der Waals surface area contributed by atoms with Crippen molar-refractivity contribution >= 4 is 0 Å². The standard InChI is InChI=1S/C14H20N2O2/c1-17-9-12-7-15-6-11-8-16(4-2-14(11)12)13-3-5-18-10-13/h6-7,13H,2-5,8-10H2,1H3. The number of aromatic nitrogens is 1. The molecule has 0 aliphatic carbocycles. The van der Waals surface area contributed by atoms with Gasteiger partial charge in [0.05, 0.1) is 13.2 Å². The monoisotopic (exact) mass is 248 g/mol. The Labute approximate surface area is 108 Å². The predicted octanol–water partition coefficient (Wildman–Crippen LogP) is 1.38. The van der Waals surface area contributed by atoms with Crippen LogP contribution in [0.5, 0.6) is 0 Å². The van der Waals surface area contributed by atoms with E-state index in [1.54, 1.807) is 7.11 Å². The minimum atomic E-state index is 0.601. The van der Waals surface area contributed by atoms with Crippen molar-refractivity contribution in [2.75, 3.05) is 26.9 Å². The molecule has 4 nitrogen and oxygen atoms in total. The third-order valence-corrected chi connectivity index (χ3v) is 3.98. The molecule has 0 N–H and O–H groups in total. The number of ether oxygens (including phenoxy) is 2. The molecule has 3 rings (SSSR count). The molecule has 2 aliphatic heterocycles. The van der Waals surface area contributed by atoms with E-state index < -0.39 is 0 Å². The van der Waals surface area contributed by atoms with Crippen LogP contribution in [0.2, 0.25) is 0 Å². The number of fused-ring (bicyclic) bond motifs is 1. The van der Waals surface area contributed by atoms with E-state index in [2.05, 4.69) is 9.88 Å². The molecule has 1 aromatic rings. The van der Waals surface area contributed by atoms with Crippen molar-refractivity contribution in [3.05, 3.63) is 29.1 Å². The van der Waals surface area contributed by atoms with E-state index in [1.807, 2.05) is 12.4 Å². The van der Waals surface area contributed by atoms with Crippen LogP contribution in [-0.2, 0) is 29.0 Å². The van der Waals surface area contributed by atoms with E-state index in [4.69, 9.17) is 9.47 Å². The zero-order valence-corrected chi connectivity index (χ0v) is 10.9. The zero-order valence-electron chi connectivity index (χ0n) is 10.9. The van der Waals surface area contributed by atoms with Gasteiger partial charge in [-0.25, -0.2) is 0 Å². The lowest BCUT2D eigenvalue weighted by atomic mass is 9.96. The Morgan fingerprint density at radius 1 is 1.50 bits per heavy atom. The first-order valence-electron chi connectivity index (χ1n) is 6.64. The molecule has 1 aromatic heterocycles. The van der Waals surface area contributed by atoms with Crippen LogP contribution in [0, 0.1) is 0 Å². The average Bonchev–Trinajstić information content (AvgIpc) is 2.93. The lowest BCUT2D eigenvalue weighted by molar-refractivity contribution is 0.133. The van der Waals surface area contributed by atoms with Crippen LogP contribution in [0.1, 0.15) is 23.1 Å². The average molecular weight is 248 g/mol. The first kappa shape index (κ1) is 12.1. The largest absolute Gasteiger partial charge is 0.380 e. The second-order valence-corrected chi connectivity index (χ2v) is 5.11. The first-order valence-corrected chi connectivity index (χ1v) is 6.64. The van der Waals surface area contributed by atoms with Crippen molar-refractivity contribution < 1.29 is 9.47 Å². The van der Waals surface area contributed by atoms with Crippen molar-refractivity contribution in [2.24, 2.45) is 0 Å². The lowest BCUT2D eigenvalue weighted by Gasteiger charge is -2.33. The highest BCUT2D eigenvalue weighted by atomic mass is 16.5. The fourth-order valence-electron chi connectivity index (χ4n) is 2.99. The minimum absolute atomic E-state index is 0.601. The summed E-state index contributed by atoms with van der Waals surface area (Å²) in [6.07, 6.45) is 6.22. The molecule has 98 valence electrons. The van der Waals surface area contributed by atoms with Gasteiger partial charge in [0.1, 0.15) is 0 Å². The van der Waals surface area contributed by atoms with E-state index in [1.165, 1.54) is 23.1 Å². The maximum absolute atomic E-state index is 5.48. The smallest absolute Gasteiger partial charge is 0.0730 e. The molecular weight excluding hydrogens is 228 g/mol. The quantitative estimate of drug-likeness (QED) is 0.809. The van der Waals surface area contributed by atoms with Crippen LogP contribution >= 0.6 is 0 Å². The number of hydrogen-bond acceptors (Lipinski definition) is 4. The van der Waals surface area contributed by atoms with E-state index in [0.717, 1.165) is 32.7 Å². The predicted molar refractivity (Wildman–Crippen MR) is 68.3 cm³/mol. The van der Waals surface area contributed by atoms with Crippen LogP contribution in [0.25, 0.3) is 0 Å². The molecule has 18 heavy (non-hydrogen) atoms. The van der Waals surface area contributed by atoms with Gasteiger partial charge in [-0.1, -0.05) is 0 Å². The lowest BCUT2D eigenvalue weighted by Crippen LogP contribution is -2.40. The fraction of sp³-hybridized carbons (Fsp3) is 0.643. The van der Waals surface area contributed by atoms with Gasteiger partial charge < -0.3 is 9.47 Å². The fourth-order valence-corrected chi connectivity index (χ4v) is 2.99. The summed E-state index contributed by atoms with van der Waals surface area (Å²) in [5.74, 6) is 0. The Hall–Kier alpha value is -0.970. The summed E-state index contributed by atoms with van der Waals surface area (Å²) in [5, 5.41) is 0. The van der Waals surface area contributed by atoms with Crippen molar-refractivity contribution in [1.29, 1.82) is 0 Å². The van der Waals surface area contributed by atoms with Crippen molar-refractivity contribution in [3.63, 3.8) is 0 Å². The maximum Gasteiger partial charge on any atom is 0.0730 e. The zero-order chi connectivity index (χ0) is 12.4. The number of methoxy groups -OCH3 is 1. The Morgan fingerprint density at radius 2 is 2.44 bits per heavy atom. The molecule has 2 aliphatic rings. The number of nitrogens with zero attached hydrogens (tertiary/aromatic N) is 2. The summed E-state index contributed by atoms with van der Waals surface area (Å²) in [6, 6.07) is 0.601. The van der Waals surface area contributed by atoms with Crippen molar-refractivity contribution in [2.45, 2.75) is 32.0 Å². The van der Waals surface area contributed by atoms with Gasteiger partial charge in [0.2, 0.25) is 0 Å². The van der Waals surface area contributed by atoms with E-state index in [0.29, 0.717) is 12.6 Å². The van der Waals surface area contributed by atoms with Crippen LogP contribution in [0.15, 0.2) is 12.4 Å². The molecule has 0 amide bonds. The molecule has 1 saturated heterocycles. The Morgan fingerprint density at radius 3 is 3.22 bits per heavy atom. The highest BCUT2D eigenvalue weighted by Crippen LogP contribution is 2.25. The van der Waals surface area contributed by atoms with Gasteiger partial charge in [-0.15, -0.1) is 0 Å². The molecule has 0 bridgehead atoms. The van der Waals surface area contributed by atoms with E-state index in [-0.39, 0.29) is 0 Å². The summed E-state index contributed by atoms with van der Waals surface area (Å²) in [7, 11) is 1.74. The molecular formula is C14H20N2O2. The highest BCUT2D eigenvalue weighted by Gasteiger charge is 2.27. The minimum Gasteiger partial charge on any atom is -0.380 e. The number of hydrogen-bond donors (Lipinski definition) is 0. The Balaban J connectivity index is 1.78. The maximum atomic E-state index is 5.48. The van der Waals surface area contributed by atoms with Crippen LogP contribution < -0.4 is 0 Å². The number of pyridine rings is 1. The second kappa shape index (κ2) is 5.34. The molecule has 1 fully saturated rings. The molecule has 1 unspecified atom stereocenters. The summed E-state index contributed by atoms with van der Waals surface area (Å²) in [4.78, 5) is 6.88. The van der Waals surface area contributed by atoms with Gasteiger partial charge in [0.15, 0.2) is 0 Å². The summed E-state index contributed by atoms with van der Waals surface area (Å²) < 4.78 is 10.7. The summed E-state index contributed by atoms with van der Waals surface area (Å²) in [5.41, 5.74) is 4.06. The van der Waals surface area contributed by atoms with Crippen molar-refractivity contribution in [3.8, 4) is 0 Å². The van der Waals surface area contributed by atoms with E-state index >= 15 is 0 Å². The normalized spacial score (nSPS) is 24.2. The van der Waals surface area contributed by atoms with Gasteiger partial charge >= 0.3 is 0 Å². The van der Waals surface area contributed by atoms with Crippen LogP contribution in [0.4, 0.5) is 0 Å². The molecule has 0 spiro atoms. The summed E-state index contributed by atoms with van der Waals surface area (Å²) in [6.45, 7) is 4.61. The van der Waals surface area contributed by atoms with Gasteiger partial charge in [-0.05, 0) is 29.5 Å². The molecule has 1 atom stereocenters. The number of rotatable bonds is 3. The van der Waals surface area contributed by atoms with Gasteiger partial charge in [0, 0.05) is 45.2 Å². The van der Waals surface area contributed by atoms with Crippen molar-refractivity contribution in [1.82, 2.24) is 9.88 Å². The SMILES string of the molecule is COCc1cncc2c1CCN(C1CCOC1)C2.